The van der Waals surface area contributed by atoms with Crippen molar-refractivity contribution in [3.8, 4) is 0 Å². The number of benzene rings is 1. The Kier molecular flexibility index (Phi) is 4.50. The molecule has 1 fully saturated rings. The lowest BCUT2D eigenvalue weighted by Gasteiger charge is -2.32. The van der Waals surface area contributed by atoms with Crippen LogP contribution in [0, 0.1) is 9.49 Å². The van der Waals surface area contributed by atoms with Gasteiger partial charge in [0.25, 0.3) is 0 Å². The Bertz CT molecular complexity index is 384. The van der Waals surface area contributed by atoms with Crippen LogP contribution in [-0.2, 0) is 0 Å². The molecule has 0 heterocycles. The van der Waals surface area contributed by atoms with Crippen molar-refractivity contribution < 1.29 is 5.11 Å². The van der Waals surface area contributed by atoms with E-state index in [1.54, 1.807) is 0 Å². The largest absolute Gasteiger partial charge is 0.399 e. The third-order valence-corrected chi connectivity index (χ3v) is 4.37. The molecule has 0 bridgehead atoms. The molecule has 3 nitrogen and oxygen atoms in total. The summed E-state index contributed by atoms with van der Waals surface area (Å²) in [5.74, 6) is 0.386. The maximum absolute atomic E-state index is 9.39. The number of halogens is 1. The van der Waals surface area contributed by atoms with Gasteiger partial charge >= 0.3 is 0 Å². The van der Waals surface area contributed by atoms with E-state index in [0.717, 1.165) is 27.8 Å². The van der Waals surface area contributed by atoms with Gasteiger partial charge in [0.05, 0.1) is 0 Å². The molecule has 4 heteroatoms. The van der Waals surface area contributed by atoms with Crippen molar-refractivity contribution in [1.82, 2.24) is 0 Å². The minimum atomic E-state index is 0.281. The first-order valence-corrected chi connectivity index (χ1v) is 7.21. The average molecular weight is 346 g/mol. The Morgan fingerprint density at radius 2 is 2.12 bits per heavy atom. The monoisotopic (exact) mass is 346 g/mol. The highest BCUT2D eigenvalue weighted by Crippen LogP contribution is 2.29. The first-order chi connectivity index (χ1) is 8.20. The fraction of sp³-hybridized carbons (Fsp3) is 0.538. The van der Waals surface area contributed by atoms with E-state index in [9.17, 15) is 5.11 Å². The molecule has 0 radical (unpaired) electrons. The lowest BCUT2D eigenvalue weighted by molar-refractivity contribution is 0.178. The van der Waals surface area contributed by atoms with E-state index in [1.165, 1.54) is 12.8 Å². The Balaban J connectivity index is 2.08. The number of nitrogen functional groups attached to an aromatic ring is 1. The Morgan fingerprint density at radius 1 is 1.35 bits per heavy atom. The molecule has 0 spiro atoms. The fourth-order valence-electron chi connectivity index (χ4n) is 2.46. The van der Waals surface area contributed by atoms with Crippen LogP contribution in [0.1, 0.15) is 25.7 Å². The number of anilines is 2. The topological polar surface area (TPSA) is 58.3 Å². The smallest absolute Gasteiger partial charge is 0.0479 e. The third-order valence-electron chi connectivity index (χ3n) is 3.48. The van der Waals surface area contributed by atoms with Crippen LogP contribution in [-0.4, -0.2) is 17.8 Å². The zero-order valence-corrected chi connectivity index (χ0v) is 12.0. The van der Waals surface area contributed by atoms with Gasteiger partial charge in [0.1, 0.15) is 0 Å². The van der Waals surface area contributed by atoms with Crippen molar-refractivity contribution in [3.63, 3.8) is 0 Å². The minimum absolute atomic E-state index is 0.281. The summed E-state index contributed by atoms with van der Waals surface area (Å²) in [4.78, 5) is 0. The summed E-state index contributed by atoms with van der Waals surface area (Å²) < 4.78 is 1.14. The normalized spacial score (nSPS) is 24.6. The molecule has 0 aliphatic heterocycles. The van der Waals surface area contributed by atoms with E-state index in [-0.39, 0.29) is 6.61 Å². The second-order valence-electron chi connectivity index (χ2n) is 4.72. The molecular formula is C13H19IN2O. The molecule has 2 rings (SSSR count). The Morgan fingerprint density at radius 3 is 2.82 bits per heavy atom. The number of nitrogens with one attached hydrogen (secondary N) is 1. The SMILES string of the molecule is Nc1ccc(NC2CCCCC2CO)c(I)c1. The molecule has 1 aromatic rings. The molecule has 4 N–H and O–H groups in total. The first-order valence-electron chi connectivity index (χ1n) is 6.13. The molecule has 1 aliphatic carbocycles. The molecule has 0 aromatic heterocycles. The Hall–Kier alpha value is -0.490. The molecule has 0 saturated heterocycles. The maximum Gasteiger partial charge on any atom is 0.0479 e. The predicted octanol–water partition coefficient (Wildman–Crippen LogP) is 2.84. The highest BCUT2D eigenvalue weighted by molar-refractivity contribution is 14.1. The quantitative estimate of drug-likeness (QED) is 0.583. The summed E-state index contributed by atoms with van der Waals surface area (Å²) in [7, 11) is 0. The van der Waals surface area contributed by atoms with Crippen LogP contribution in [0.4, 0.5) is 11.4 Å². The highest BCUT2D eigenvalue weighted by Gasteiger charge is 2.24. The van der Waals surface area contributed by atoms with Crippen LogP contribution in [0.2, 0.25) is 0 Å². The van der Waals surface area contributed by atoms with Crippen LogP contribution >= 0.6 is 22.6 Å². The van der Waals surface area contributed by atoms with Crippen molar-refractivity contribution >= 4 is 34.0 Å². The second kappa shape index (κ2) is 5.91. The Labute approximate surface area is 116 Å². The van der Waals surface area contributed by atoms with Gasteiger partial charge in [-0.3, -0.25) is 0 Å². The van der Waals surface area contributed by atoms with Crippen molar-refractivity contribution in [2.45, 2.75) is 31.7 Å². The molecule has 0 amide bonds. The summed E-state index contributed by atoms with van der Waals surface area (Å²) in [5, 5.41) is 12.9. The van der Waals surface area contributed by atoms with Gasteiger partial charge in [0, 0.05) is 33.5 Å². The standard InChI is InChI=1S/C13H19IN2O/c14-11-7-10(15)5-6-13(11)16-12-4-2-1-3-9(12)8-17/h5-7,9,12,16-17H,1-4,8,15H2. The average Bonchev–Trinajstić information content (AvgIpc) is 2.33. The molecule has 2 atom stereocenters. The van der Waals surface area contributed by atoms with Crippen LogP contribution in [0.5, 0.6) is 0 Å². The minimum Gasteiger partial charge on any atom is -0.399 e. The number of aliphatic hydroxyl groups is 1. The number of hydrogen-bond acceptors (Lipinski definition) is 3. The van der Waals surface area contributed by atoms with Gasteiger partial charge < -0.3 is 16.2 Å². The zero-order chi connectivity index (χ0) is 12.3. The predicted molar refractivity (Wildman–Crippen MR) is 80.0 cm³/mol. The second-order valence-corrected chi connectivity index (χ2v) is 5.88. The summed E-state index contributed by atoms with van der Waals surface area (Å²) in [6, 6.07) is 6.31. The number of aliphatic hydroxyl groups excluding tert-OH is 1. The molecular weight excluding hydrogens is 327 g/mol. The van der Waals surface area contributed by atoms with Gasteiger partial charge in [0.2, 0.25) is 0 Å². The fourth-order valence-corrected chi connectivity index (χ4v) is 3.16. The zero-order valence-electron chi connectivity index (χ0n) is 9.82. The summed E-state index contributed by atoms with van der Waals surface area (Å²) >= 11 is 2.30. The van der Waals surface area contributed by atoms with E-state index in [4.69, 9.17) is 5.73 Å². The molecule has 1 saturated carbocycles. The van der Waals surface area contributed by atoms with E-state index in [2.05, 4.69) is 27.9 Å². The number of rotatable bonds is 3. The summed E-state index contributed by atoms with van der Waals surface area (Å²) in [6.45, 7) is 0.281. The maximum atomic E-state index is 9.39. The van der Waals surface area contributed by atoms with E-state index >= 15 is 0 Å². The molecule has 1 aliphatic rings. The first kappa shape index (κ1) is 13.0. The van der Waals surface area contributed by atoms with Gasteiger partial charge in [-0.1, -0.05) is 12.8 Å². The van der Waals surface area contributed by atoms with Crippen LogP contribution in [0.3, 0.4) is 0 Å². The van der Waals surface area contributed by atoms with Gasteiger partial charge in [-0.2, -0.15) is 0 Å². The van der Waals surface area contributed by atoms with Crippen molar-refractivity contribution in [1.29, 1.82) is 0 Å². The van der Waals surface area contributed by atoms with Crippen molar-refractivity contribution in [2.24, 2.45) is 5.92 Å². The van der Waals surface area contributed by atoms with Crippen LogP contribution < -0.4 is 11.1 Å². The van der Waals surface area contributed by atoms with Crippen LogP contribution in [0.15, 0.2) is 18.2 Å². The van der Waals surface area contributed by atoms with Gasteiger partial charge in [-0.15, -0.1) is 0 Å². The van der Waals surface area contributed by atoms with Gasteiger partial charge in [0.15, 0.2) is 0 Å². The highest BCUT2D eigenvalue weighted by atomic mass is 127. The van der Waals surface area contributed by atoms with Gasteiger partial charge in [-0.25, -0.2) is 0 Å². The summed E-state index contributed by atoms with van der Waals surface area (Å²) in [5.41, 5.74) is 7.67. The number of hydrogen-bond donors (Lipinski definition) is 3. The van der Waals surface area contributed by atoms with Crippen molar-refractivity contribution in [2.75, 3.05) is 17.7 Å². The van der Waals surface area contributed by atoms with Crippen molar-refractivity contribution in [3.05, 3.63) is 21.8 Å². The van der Waals surface area contributed by atoms with E-state index in [0.29, 0.717) is 12.0 Å². The number of nitrogens with two attached hydrogens (primary N) is 1. The molecule has 1 aromatic carbocycles. The molecule has 17 heavy (non-hydrogen) atoms. The van der Waals surface area contributed by atoms with E-state index in [1.807, 2.05) is 18.2 Å². The summed E-state index contributed by atoms with van der Waals surface area (Å²) in [6.07, 6.45) is 4.76. The lowest BCUT2D eigenvalue weighted by atomic mass is 9.85. The third kappa shape index (κ3) is 3.25. The lowest BCUT2D eigenvalue weighted by Crippen LogP contribution is -2.34. The molecule has 94 valence electrons. The molecule has 2 unspecified atom stereocenters. The van der Waals surface area contributed by atoms with Gasteiger partial charge in [-0.05, 0) is 53.6 Å². The van der Waals surface area contributed by atoms with Crippen LogP contribution in [0.25, 0.3) is 0 Å². The van der Waals surface area contributed by atoms with E-state index < -0.39 is 0 Å².